The van der Waals surface area contributed by atoms with Crippen LogP contribution < -0.4 is 11.5 Å². The highest BCUT2D eigenvalue weighted by Crippen LogP contribution is 2.19. The predicted molar refractivity (Wildman–Crippen MR) is 54.7 cm³/mol. The van der Waals surface area contributed by atoms with Crippen molar-refractivity contribution in [3.05, 3.63) is 29.3 Å². The van der Waals surface area contributed by atoms with Crippen LogP contribution in [0.4, 0.5) is 14.5 Å². The molecular formula is C10H12F2N2O2. The third-order valence-electron chi connectivity index (χ3n) is 2.22. The first kappa shape index (κ1) is 12.4. The average molecular weight is 230 g/mol. The third kappa shape index (κ3) is 2.90. The summed E-state index contributed by atoms with van der Waals surface area (Å²) < 4.78 is 25.9. The lowest BCUT2D eigenvalue weighted by atomic mass is 10.0. The fourth-order valence-electron chi connectivity index (χ4n) is 1.28. The number of anilines is 1. The molecular weight excluding hydrogens is 218 g/mol. The van der Waals surface area contributed by atoms with Gasteiger partial charge in [-0.15, -0.1) is 0 Å². The molecule has 0 bridgehead atoms. The first-order valence-electron chi connectivity index (χ1n) is 4.63. The molecule has 88 valence electrons. The molecule has 1 aromatic rings. The number of carboxylic acid groups (broad SMARTS) is 1. The SMILES string of the molecule is Nc1c(F)cc(F)cc1CC[C@H](N)C(=O)O. The van der Waals surface area contributed by atoms with Gasteiger partial charge in [0.1, 0.15) is 17.7 Å². The predicted octanol–water partition coefficient (Wildman–Crippen LogP) is 0.891. The Hall–Kier alpha value is -1.69. The molecule has 1 aromatic carbocycles. The van der Waals surface area contributed by atoms with E-state index in [0.29, 0.717) is 6.07 Å². The largest absolute Gasteiger partial charge is 0.480 e. The van der Waals surface area contributed by atoms with Crippen LogP contribution in [0.3, 0.4) is 0 Å². The topological polar surface area (TPSA) is 89.3 Å². The van der Waals surface area contributed by atoms with E-state index in [4.69, 9.17) is 16.6 Å². The minimum absolute atomic E-state index is 0.0719. The number of benzene rings is 1. The summed E-state index contributed by atoms with van der Waals surface area (Å²) in [5.74, 6) is -2.75. The van der Waals surface area contributed by atoms with Crippen molar-refractivity contribution in [3.8, 4) is 0 Å². The van der Waals surface area contributed by atoms with Crippen molar-refractivity contribution in [1.29, 1.82) is 0 Å². The van der Waals surface area contributed by atoms with Gasteiger partial charge in [0.05, 0.1) is 5.69 Å². The van der Waals surface area contributed by atoms with Crippen LogP contribution in [0.5, 0.6) is 0 Å². The van der Waals surface area contributed by atoms with Gasteiger partial charge in [0.15, 0.2) is 0 Å². The molecule has 0 saturated heterocycles. The lowest BCUT2D eigenvalue weighted by Gasteiger charge is -2.09. The maximum absolute atomic E-state index is 13.0. The average Bonchev–Trinajstić information content (AvgIpc) is 2.20. The zero-order valence-electron chi connectivity index (χ0n) is 8.41. The molecule has 5 N–H and O–H groups in total. The molecule has 0 fully saturated rings. The van der Waals surface area contributed by atoms with Crippen molar-refractivity contribution in [2.24, 2.45) is 5.73 Å². The molecule has 0 aliphatic rings. The number of carboxylic acids is 1. The second-order valence-electron chi connectivity index (χ2n) is 3.44. The maximum atomic E-state index is 13.0. The van der Waals surface area contributed by atoms with Crippen molar-refractivity contribution in [2.75, 3.05) is 5.73 Å². The Morgan fingerprint density at radius 3 is 2.62 bits per heavy atom. The summed E-state index contributed by atoms with van der Waals surface area (Å²) in [6, 6.07) is 0.689. The van der Waals surface area contributed by atoms with E-state index in [9.17, 15) is 13.6 Å². The lowest BCUT2D eigenvalue weighted by Crippen LogP contribution is -2.30. The van der Waals surface area contributed by atoms with Gasteiger partial charge in [-0.3, -0.25) is 4.79 Å². The molecule has 0 saturated carbocycles. The van der Waals surface area contributed by atoms with Crippen molar-refractivity contribution in [3.63, 3.8) is 0 Å². The van der Waals surface area contributed by atoms with E-state index in [1.165, 1.54) is 0 Å². The van der Waals surface area contributed by atoms with Crippen LogP contribution in [0.1, 0.15) is 12.0 Å². The number of aryl methyl sites for hydroxylation is 1. The second kappa shape index (κ2) is 4.89. The first-order valence-corrected chi connectivity index (χ1v) is 4.63. The highest BCUT2D eigenvalue weighted by molar-refractivity contribution is 5.73. The van der Waals surface area contributed by atoms with E-state index in [1.54, 1.807) is 0 Å². The molecule has 16 heavy (non-hydrogen) atoms. The number of carbonyl (C=O) groups is 1. The number of nitrogens with two attached hydrogens (primary N) is 2. The Balaban J connectivity index is 2.78. The van der Waals surface area contributed by atoms with E-state index in [-0.39, 0.29) is 24.1 Å². The summed E-state index contributed by atoms with van der Waals surface area (Å²) in [6.07, 6.45) is 0.191. The van der Waals surface area contributed by atoms with Crippen molar-refractivity contribution < 1.29 is 18.7 Å². The van der Waals surface area contributed by atoms with Crippen LogP contribution in [0.15, 0.2) is 12.1 Å². The summed E-state index contributed by atoms with van der Waals surface area (Å²) in [5.41, 5.74) is 10.7. The summed E-state index contributed by atoms with van der Waals surface area (Å²) in [6.45, 7) is 0. The third-order valence-corrected chi connectivity index (χ3v) is 2.22. The Labute approximate surface area is 90.9 Å². The maximum Gasteiger partial charge on any atom is 0.320 e. The van der Waals surface area contributed by atoms with Gasteiger partial charge in [-0.1, -0.05) is 0 Å². The Morgan fingerprint density at radius 1 is 1.44 bits per heavy atom. The van der Waals surface area contributed by atoms with Gasteiger partial charge in [-0.05, 0) is 24.5 Å². The van der Waals surface area contributed by atoms with E-state index in [0.717, 1.165) is 6.07 Å². The van der Waals surface area contributed by atoms with E-state index in [2.05, 4.69) is 0 Å². The highest BCUT2D eigenvalue weighted by atomic mass is 19.1. The molecule has 0 spiro atoms. The molecule has 0 aliphatic heterocycles. The standard InChI is InChI=1S/C10H12F2N2O2/c11-6-3-5(9(14)7(12)4-6)1-2-8(13)10(15)16/h3-4,8H,1-2,13-14H2,(H,15,16)/t8-/m0/s1. The van der Waals surface area contributed by atoms with Gasteiger partial charge in [-0.25, -0.2) is 8.78 Å². The Bertz CT molecular complexity index is 410. The zero-order chi connectivity index (χ0) is 12.3. The summed E-state index contributed by atoms with van der Waals surface area (Å²) in [5, 5.41) is 8.53. The molecule has 6 heteroatoms. The zero-order valence-corrected chi connectivity index (χ0v) is 8.41. The minimum Gasteiger partial charge on any atom is -0.480 e. The number of aliphatic carboxylic acids is 1. The normalized spacial score (nSPS) is 12.4. The van der Waals surface area contributed by atoms with Crippen LogP contribution in [0, 0.1) is 11.6 Å². The van der Waals surface area contributed by atoms with Crippen LogP contribution in [0.25, 0.3) is 0 Å². The summed E-state index contributed by atoms with van der Waals surface area (Å²) in [4.78, 5) is 10.4. The van der Waals surface area contributed by atoms with E-state index in [1.807, 2.05) is 0 Å². The molecule has 0 aliphatic carbocycles. The van der Waals surface area contributed by atoms with Crippen LogP contribution in [-0.2, 0) is 11.2 Å². The molecule has 0 aromatic heterocycles. The Kier molecular flexibility index (Phi) is 3.78. The minimum atomic E-state index is -1.16. The molecule has 0 amide bonds. The lowest BCUT2D eigenvalue weighted by molar-refractivity contribution is -0.138. The molecule has 1 rings (SSSR count). The monoisotopic (exact) mass is 230 g/mol. The van der Waals surface area contributed by atoms with Crippen molar-refractivity contribution >= 4 is 11.7 Å². The van der Waals surface area contributed by atoms with Gasteiger partial charge < -0.3 is 16.6 Å². The molecule has 0 radical (unpaired) electrons. The van der Waals surface area contributed by atoms with Crippen LogP contribution in [0.2, 0.25) is 0 Å². The van der Waals surface area contributed by atoms with E-state index >= 15 is 0 Å². The number of hydrogen-bond acceptors (Lipinski definition) is 3. The smallest absolute Gasteiger partial charge is 0.320 e. The van der Waals surface area contributed by atoms with Crippen LogP contribution in [-0.4, -0.2) is 17.1 Å². The van der Waals surface area contributed by atoms with Gasteiger partial charge in [-0.2, -0.15) is 0 Å². The summed E-state index contributed by atoms with van der Waals surface area (Å²) >= 11 is 0. The number of halogens is 2. The number of hydrogen-bond donors (Lipinski definition) is 3. The molecule has 0 unspecified atom stereocenters. The van der Waals surface area contributed by atoms with Crippen LogP contribution >= 0.6 is 0 Å². The fraction of sp³-hybridized carbons (Fsp3) is 0.300. The molecule has 1 atom stereocenters. The van der Waals surface area contributed by atoms with Gasteiger partial charge >= 0.3 is 5.97 Å². The molecule has 0 heterocycles. The first-order chi connectivity index (χ1) is 7.41. The molecule has 4 nitrogen and oxygen atoms in total. The van der Waals surface area contributed by atoms with Crippen molar-refractivity contribution in [2.45, 2.75) is 18.9 Å². The van der Waals surface area contributed by atoms with Gasteiger partial charge in [0, 0.05) is 6.07 Å². The van der Waals surface area contributed by atoms with Gasteiger partial charge in [0.25, 0.3) is 0 Å². The summed E-state index contributed by atoms with van der Waals surface area (Å²) in [7, 11) is 0. The fourth-order valence-corrected chi connectivity index (χ4v) is 1.28. The van der Waals surface area contributed by atoms with Gasteiger partial charge in [0.2, 0.25) is 0 Å². The van der Waals surface area contributed by atoms with E-state index < -0.39 is 23.6 Å². The number of rotatable bonds is 4. The quantitative estimate of drug-likeness (QED) is 0.670. The Morgan fingerprint density at radius 2 is 2.06 bits per heavy atom. The highest BCUT2D eigenvalue weighted by Gasteiger charge is 2.14. The second-order valence-corrected chi connectivity index (χ2v) is 3.44. The number of nitrogen functional groups attached to an aromatic ring is 1. The van der Waals surface area contributed by atoms with Crippen molar-refractivity contribution in [1.82, 2.24) is 0 Å².